The third kappa shape index (κ3) is 5.62. The van der Waals surface area contributed by atoms with Crippen molar-refractivity contribution in [3.05, 3.63) is 27.6 Å². The molecule has 0 aliphatic rings. The molecule has 0 aliphatic carbocycles. The Morgan fingerprint density at radius 2 is 2.15 bits per heavy atom. The molecule has 0 atom stereocenters. The zero-order valence-corrected chi connectivity index (χ0v) is 13.1. The number of H-pyrrole nitrogens is 1. The summed E-state index contributed by atoms with van der Waals surface area (Å²) in [6.07, 6.45) is 1.69. The van der Waals surface area contributed by atoms with Crippen LogP contribution in [-0.2, 0) is 14.8 Å². The van der Waals surface area contributed by atoms with E-state index in [4.69, 9.17) is 16.3 Å². The van der Waals surface area contributed by atoms with Gasteiger partial charge in [-0.3, -0.25) is 4.79 Å². The summed E-state index contributed by atoms with van der Waals surface area (Å²) >= 11 is 5.60. The fourth-order valence-corrected chi connectivity index (χ4v) is 2.68. The molecule has 0 bridgehead atoms. The van der Waals surface area contributed by atoms with E-state index in [0.29, 0.717) is 25.6 Å². The number of ether oxygens (including phenoxy) is 1. The Balaban J connectivity index is 2.45. The van der Waals surface area contributed by atoms with Gasteiger partial charge in [0, 0.05) is 26.0 Å². The van der Waals surface area contributed by atoms with Crippen LogP contribution in [0, 0.1) is 5.92 Å². The summed E-state index contributed by atoms with van der Waals surface area (Å²) in [4.78, 5) is 13.3. The number of pyridine rings is 1. The minimum atomic E-state index is -3.66. The number of halogens is 1. The van der Waals surface area contributed by atoms with E-state index < -0.39 is 15.6 Å². The van der Waals surface area contributed by atoms with Gasteiger partial charge in [-0.05, 0) is 18.4 Å². The molecule has 2 N–H and O–H groups in total. The molecular weight excluding hydrogens is 304 g/mol. The molecule has 0 spiro atoms. The molecule has 0 saturated carbocycles. The molecule has 0 radical (unpaired) electrons. The SMILES string of the molecule is CC(C)COCCCNS(=O)(=O)c1c[nH]c(=O)c(Cl)c1. The van der Waals surface area contributed by atoms with E-state index in [-0.39, 0.29) is 16.5 Å². The van der Waals surface area contributed by atoms with Crippen LogP contribution in [0.3, 0.4) is 0 Å². The molecule has 0 aromatic carbocycles. The fourth-order valence-electron chi connectivity index (χ4n) is 1.38. The van der Waals surface area contributed by atoms with Crippen LogP contribution in [0.15, 0.2) is 22.0 Å². The standard InChI is InChI=1S/C12H19ClN2O4S/c1-9(2)8-19-5-3-4-15-20(17,18)10-6-11(13)12(16)14-7-10/h6-7,9,15H,3-5,8H2,1-2H3,(H,14,16). The lowest BCUT2D eigenvalue weighted by molar-refractivity contribution is 0.108. The number of hydrogen-bond acceptors (Lipinski definition) is 4. The highest BCUT2D eigenvalue weighted by atomic mass is 35.5. The Bertz CT molecular complexity index is 583. The van der Waals surface area contributed by atoms with Crippen LogP contribution in [0.4, 0.5) is 0 Å². The van der Waals surface area contributed by atoms with Crippen LogP contribution in [0.1, 0.15) is 20.3 Å². The lowest BCUT2D eigenvalue weighted by Gasteiger charge is -2.08. The molecule has 0 unspecified atom stereocenters. The van der Waals surface area contributed by atoms with E-state index >= 15 is 0 Å². The van der Waals surface area contributed by atoms with Gasteiger partial charge in [0.05, 0.1) is 4.90 Å². The summed E-state index contributed by atoms with van der Waals surface area (Å²) in [6, 6.07) is 1.12. The van der Waals surface area contributed by atoms with Gasteiger partial charge in [-0.25, -0.2) is 13.1 Å². The van der Waals surface area contributed by atoms with Gasteiger partial charge >= 0.3 is 0 Å². The molecule has 0 aliphatic heterocycles. The van der Waals surface area contributed by atoms with Crippen molar-refractivity contribution in [2.75, 3.05) is 19.8 Å². The largest absolute Gasteiger partial charge is 0.381 e. The van der Waals surface area contributed by atoms with Gasteiger partial charge in [0.1, 0.15) is 5.02 Å². The minimum absolute atomic E-state index is 0.0646. The highest BCUT2D eigenvalue weighted by Gasteiger charge is 2.14. The first kappa shape index (κ1) is 17.2. The molecule has 114 valence electrons. The van der Waals surface area contributed by atoms with Crippen LogP contribution in [0.25, 0.3) is 0 Å². The lowest BCUT2D eigenvalue weighted by atomic mass is 10.2. The molecule has 0 amide bonds. The van der Waals surface area contributed by atoms with Crippen LogP contribution in [0.5, 0.6) is 0 Å². The van der Waals surface area contributed by atoms with Crippen molar-refractivity contribution in [2.24, 2.45) is 5.92 Å². The Hall–Kier alpha value is -0.890. The first-order valence-corrected chi connectivity index (χ1v) is 8.14. The molecule has 1 aromatic heterocycles. The van der Waals surface area contributed by atoms with Crippen molar-refractivity contribution in [1.82, 2.24) is 9.71 Å². The van der Waals surface area contributed by atoms with Gasteiger partial charge in [0.2, 0.25) is 10.0 Å². The second kappa shape index (κ2) is 7.78. The zero-order valence-electron chi connectivity index (χ0n) is 11.5. The van der Waals surface area contributed by atoms with Crippen LogP contribution < -0.4 is 10.3 Å². The summed E-state index contributed by atoms with van der Waals surface area (Å²) in [5.74, 6) is 0.454. The summed E-state index contributed by atoms with van der Waals surface area (Å²) in [5.41, 5.74) is -0.521. The third-order valence-corrected chi connectivity index (χ3v) is 4.07. The monoisotopic (exact) mass is 322 g/mol. The lowest BCUT2D eigenvalue weighted by Crippen LogP contribution is -2.26. The van der Waals surface area contributed by atoms with Crippen LogP contribution in [0.2, 0.25) is 5.02 Å². The average molecular weight is 323 g/mol. The predicted molar refractivity (Wildman–Crippen MR) is 77.5 cm³/mol. The number of sulfonamides is 1. The zero-order chi connectivity index (χ0) is 15.2. The normalized spacial score (nSPS) is 12.0. The van der Waals surface area contributed by atoms with E-state index in [1.807, 2.05) is 13.8 Å². The molecule has 1 aromatic rings. The van der Waals surface area contributed by atoms with E-state index in [1.165, 1.54) is 0 Å². The average Bonchev–Trinajstić information content (AvgIpc) is 2.36. The number of hydrogen-bond donors (Lipinski definition) is 2. The fraction of sp³-hybridized carbons (Fsp3) is 0.583. The first-order chi connectivity index (χ1) is 9.33. The van der Waals surface area contributed by atoms with E-state index in [1.54, 1.807) is 0 Å². The highest BCUT2D eigenvalue weighted by Crippen LogP contribution is 2.10. The van der Waals surface area contributed by atoms with Crippen molar-refractivity contribution in [3.63, 3.8) is 0 Å². The van der Waals surface area contributed by atoms with E-state index in [0.717, 1.165) is 12.3 Å². The maximum Gasteiger partial charge on any atom is 0.266 e. The van der Waals surface area contributed by atoms with E-state index in [9.17, 15) is 13.2 Å². The Kier molecular flexibility index (Phi) is 6.67. The van der Waals surface area contributed by atoms with Gasteiger partial charge in [-0.2, -0.15) is 0 Å². The topological polar surface area (TPSA) is 88.3 Å². The number of aromatic nitrogens is 1. The van der Waals surface area contributed by atoms with Crippen molar-refractivity contribution >= 4 is 21.6 Å². The maximum atomic E-state index is 11.9. The second-order valence-corrected chi connectivity index (χ2v) is 6.91. The summed E-state index contributed by atoms with van der Waals surface area (Å²) in [6.45, 7) is 5.50. The number of rotatable bonds is 8. The van der Waals surface area contributed by atoms with Gasteiger partial charge in [-0.15, -0.1) is 0 Å². The Morgan fingerprint density at radius 3 is 2.75 bits per heavy atom. The molecule has 0 fully saturated rings. The van der Waals surface area contributed by atoms with Gasteiger partial charge in [0.15, 0.2) is 0 Å². The maximum absolute atomic E-state index is 11.9. The Labute approximate surface area is 123 Å². The van der Waals surface area contributed by atoms with E-state index in [2.05, 4.69) is 9.71 Å². The smallest absolute Gasteiger partial charge is 0.266 e. The first-order valence-electron chi connectivity index (χ1n) is 6.28. The summed E-state index contributed by atoms with van der Waals surface area (Å²) < 4.78 is 31.6. The minimum Gasteiger partial charge on any atom is -0.381 e. The van der Waals surface area contributed by atoms with Crippen molar-refractivity contribution in [2.45, 2.75) is 25.2 Å². The quantitative estimate of drug-likeness (QED) is 0.707. The summed E-state index contributed by atoms with van der Waals surface area (Å²) in [5, 5.41) is -0.159. The van der Waals surface area contributed by atoms with Gasteiger partial charge < -0.3 is 9.72 Å². The van der Waals surface area contributed by atoms with Crippen molar-refractivity contribution < 1.29 is 13.2 Å². The molecule has 1 rings (SSSR count). The predicted octanol–water partition coefficient (Wildman–Crippen LogP) is 1.37. The number of nitrogens with one attached hydrogen (secondary N) is 2. The molecule has 20 heavy (non-hydrogen) atoms. The van der Waals surface area contributed by atoms with Crippen molar-refractivity contribution in [3.8, 4) is 0 Å². The van der Waals surface area contributed by atoms with Gasteiger partial charge in [0.25, 0.3) is 5.56 Å². The van der Waals surface area contributed by atoms with Gasteiger partial charge in [-0.1, -0.05) is 25.4 Å². The summed E-state index contributed by atoms with van der Waals surface area (Å²) in [7, 11) is -3.66. The highest BCUT2D eigenvalue weighted by molar-refractivity contribution is 7.89. The Morgan fingerprint density at radius 1 is 1.45 bits per heavy atom. The number of aromatic amines is 1. The molecule has 6 nitrogen and oxygen atoms in total. The molecule has 8 heteroatoms. The van der Waals surface area contributed by atoms with Crippen molar-refractivity contribution in [1.29, 1.82) is 0 Å². The molecular formula is C12H19ClN2O4S. The van der Waals surface area contributed by atoms with Crippen LogP contribution >= 0.6 is 11.6 Å². The second-order valence-electron chi connectivity index (χ2n) is 4.73. The third-order valence-electron chi connectivity index (χ3n) is 2.35. The molecule has 0 saturated heterocycles. The van der Waals surface area contributed by atoms with Crippen LogP contribution in [-0.4, -0.2) is 33.2 Å². The molecule has 1 heterocycles.